The predicted molar refractivity (Wildman–Crippen MR) is 90.4 cm³/mol. The number of benzene rings is 1. The summed E-state index contributed by atoms with van der Waals surface area (Å²) in [7, 11) is 0. The van der Waals surface area contributed by atoms with Crippen LogP contribution in [0.4, 0.5) is 5.82 Å². The second kappa shape index (κ2) is 6.34. The summed E-state index contributed by atoms with van der Waals surface area (Å²) in [4.78, 5) is 14.4. The lowest BCUT2D eigenvalue weighted by molar-refractivity contribution is -0.115. The summed E-state index contributed by atoms with van der Waals surface area (Å²) in [5.41, 5.74) is 1.77. The Morgan fingerprint density at radius 2 is 2.18 bits per heavy atom. The number of aryl methyl sites for hydroxylation is 1. The van der Waals surface area contributed by atoms with Crippen LogP contribution in [-0.4, -0.2) is 16.1 Å². The van der Waals surface area contributed by atoms with Gasteiger partial charge in [0.1, 0.15) is 0 Å². The van der Waals surface area contributed by atoms with Gasteiger partial charge in [0, 0.05) is 16.0 Å². The largest absolute Gasteiger partial charge is 0.309 e. The molecule has 22 heavy (non-hydrogen) atoms. The van der Waals surface area contributed by atoms with Gasteiger partial charge >= 0.3 is 0 Å². The number of H-pyrrole nitrogens is 1. The van der Waals surface area contributed by atoms with E-state index in [1.165, 1.54) is 4.88 Å². The summed E-state index contributed by atoms with van der Waals surface area (Å²) in [5.74, 6) is 0.399. The van der Waals surface area contributed by atoms with Crippen LogP contribution in [0, 0.1) is 6.92 Å². The van der Waals surface area contributed by atoms with Crippen LogP contribution in [0.25, 0.3) is 10.6 Å². The SMILES string of the molecule is Cc1ccc(-c2cc(NC(=O)Cc3cccc(Cl)c3)n[nH]2)s1. The number of carbonyl (C=O) groups excluding carboxylic acids is 1. The maximum absolute atomic E-state index is 12.0. The highest BCUT2D eigenvalue weighted by Gasteiger charge is 2.09. The molecule has 0 spiro atoms. The molecule has 0 fully saturated rings. The topological polar surface area (TPSA) is 57.8 Å². The third-order valence-corrected chi connectivity index (χ3v) is 4.37. The average Bonchev–Trinajstić information content (AvgIpc) is 3.07. The highest BCUT2D eigenvalue weighted by molar-refractivity contribution is 7.15. The van der Waals surface area contributed by atoms with E-state index in [-0.39, 0.29) is 12.3 Å². The van der Waals surface area contributed by atoms with Crippen LogP contribution in [0.3, 0.4) is 0 Å². The molecule has 0 atom stereocenters. The van der Waals surface area contributed by atoms with Crippen molar-refractivity contribution < 1.29 is 4.79 Å². The van der Waals surface area contributed by atoms with Gasteiger partial charge in [-0.1, -0.05) is 23.7 Å². The number of aromatic nitrogens is 2. The van der Waals surface area contributed by atoms with Crippen LogP contribution in [0.5, 0.6) is 0 Å². The number of thiophene rings is 1. The third kappa shape index (κ3) is 3.55. The van der Waals surface area contributed by atoms with E-state index < -0.39 is 0 Å². The maximum atomic E-state index is 12.0. The van der Waals surface area contributed by atoms with Gasteiger partial charge in [0.15, 0.2) is 5.82 Å². The van der Waals surface area contributed by atoms with Crippen molar-refractivity contribution >= 4 is 34.7 Å². The molecule has 0 aliphatic carbocycles. The molecule has 3 rings (SSSR count). The maximum Gasteiger partial charge on any atom is 0.229 e. The summed E-state index contributed by atoms with van der Waals surface area (Å²) < 4.78 is 0. The molecule has 0 bridgehead atoms. The fraction of sp³-hybridized carbons (Fsp3) is 0.125. The molecule has 1 aromatic carbocycles. The van der Waals surface area contributed by atoms with Gasteiger partial charge in [0.05, 0.1) is 17.0 Å². The van der Waals surface area contributed by atoms with Gasteiger partial charge in [0.25, 0.3) is 0 Å². The van der Waals surface area contributed by atoms with E-state index >= 15 is 0 Å². The lowest BCUT2D eigenvalue weighted by Crippen LogP contribution is -2.14. The third-order valence-electron chi connectivity index (χ3n) is 3.10. The Morgan fingerprint density at radius 3 is 2.91 bits per heavy atom. The van der Waals surface area contributed by atoms with E-state index in [9.17, 15) is 4.79 Å². The van der Waals surface area contributed by atoms with E-state index in [4.69, 9.17) is 11.6 Å². The molecule has 1 amide bonds. The summed E-state index contributed by atoms with van der Waals surface area (Å²) >= 11 is 7.59. The first kappa shape index (κ1) is 14.8. The summed E-state index contributed by atoms with van der Waals surface area (Å²) in [6.45, 7) is 2.05. The number of carbonyl (C=O) groups is 1. The summed E-state index contributed by atoms with van der Waals surface area (Å²) in [5, 5.41) is 10.5. The van der Waals surface area contributed by atoms with Crippen LogP contribution in [0.2, 0.25) is 5.02 Å². The van der Waals surface area contributed by atoms with Crippen LogP contribution < -0.4 is 5.32 Å². The Bertz CT molecular complexity index is 809. The van der Waals surface area contributed by atoms with Crippen molar-refractivity contribution in [3.8, 4) is 10.6 Å². The van der Waals surface area contributed by atoms with Gasteiger partial charge in [-0.15, -0.1) is 11.3 Å². The van der Waals surface area contributed by atoms with E-state index in [1.54, 1.807) is 23.5 Å². The first-order valence-electron chi connectivity index (χ1n) is 6.77. The zero-order valence-electron chi connectivity index (χ0n) is 11.9. The molecule has 2 aromatic heterocycles. The lowest BCUT2D eigenvalue weighted by atomic mass is 10.1. The van der Waals surface area contributed by atoms with E-state index in [0.717, 1.165) is 16.1 Å². The van der Waals surface area contributed by atoms with Crippen LogP contribution >= 0.6 is 22.9 Å². The molecular formula is C16H14ClN3OS. The Balaban J connectivity index is 1.66. The standard InChI is InChI=1S/C16H14ClN3OS/c1-10-5-6-14(22-10)13-9-15(20-19-13)18-16(21)8-11-3-2-4-12(17)7-11/h2-7,9H,8H2,1H3,(H2,18,19,20,21). The van der Waals surface area contributed by atoms with E-state index in [0.29, 0.717) is 10.8 Å². The molecule has 0 unspecified atom stereocenters. The number of nitrogens with one attached hydrogen (secondary N) is 2. The van der Waals surface area contributed by atoms with Crippen molar-refractivity contribution in [3.05, 3.63) is 57.9 Å². The minimum atomic E-state index is -0.123. The number of anilines is 1. The zero-order valence-corrected chi connectivity index (χ0v) is 13.5. The smallest absolute Gasteiger partial charge is 0.229 e. The predicted octanol–water partition coefficient (Wildman–Crippen LogP) is 4.28. The van der Waals surface area contributed by atoms with Gasteiger partial charge in [-0.2, -0.15) is 5.10 Å². The fourth-order valence-corrected chi connectivity index (χ4v) is 3.16. The molecule has 0 saturated heterocycles. The fourth-order valence-electron chi connectivity index (χ4n) is 2.11. The quantitative estimate of drug-likeness (QED) is 0.749. The Hall–Kier alpha value is -2.11. The number of halogens is 1. The van der Waals surface area contributed by atoms with E-state index in [2.05, 4.69) is 28.5 Å². The Kier molecular flexibility index (Phi) is 4.27. The molecular weight excluding hydrogens is 318 g/mol. The minimum absolute atomic E-state index is 0.123. The molecule has 0 aliphatic rings. The number of hydrogen-bond acceptors (Lipinski definition) is 3. The molecule has 6 heteroatoms. The van der Waals surface area contributed by atoms with Crippen molar-refractivity contribution in [2.45, 2.75) is 13.3 Å². The van der Waals surface area contributed by atoms with Crippen molar-refractivity contribution in [2.24, 2.45) is 0 Å². The molecule has 4 nitrogen and oxygen atoms in total. The van der Waals surface area contributed by atoms with Crippen molar-refractivity contribution in [1.82, 2.24) is 10.2 Å². The second-order valence-corrected chi connectivity index (χ2v) is 6.66. The van der Waals surface area contributed by atoms with Crippen molar-refractivity contribution in [2.75, 3.05) is 5.32 Å². The molecule has 2 N–H and O–H groups in total. The molecule has 3 aromatic rings. The number of rotatable bonds is 4. The monoisotopic (exact) mass is 331 g/mol. The van der Waals surface area contributed by atoms with Gasteiger partial charge in [-0.3, -0.25) is 9.89 Å². The van der Waals surface area contributed by atoms with Gasteiger partial charge in [-0.25, -0.2) is 0 Å². The van der Waals surface area contributed by atoms with E-state index in [1.807, 2.05) is 24.3 Å². The molecule has 2 heterocycles. The van der Waals surface area contributed by atoms with Gasteiger partial charge in [-0.05, 0) is 36.8 Å². The molecule has 0 saturated carbocycles. The summed E-state index contributed by atoms with van der Waals surface area (Å²) in [6.07, 6.45) is 0.265. The number of hydrogen-bond donors (Lipinski definition) is 2. The van der Waals surface area contributed by atoms with Crippen LogP contribution in [0.1, 0.15) is 10.4 Å². The zero-order chi connectivity index (χ0) is 15.5. The Labute approximate surface area is 137 Å². The first-order valence-corrected chi connectivity index (χ1v) is 7.96. The summed E-state index contributed by atoms with van der Waals surface area (Å²) in [6, 6.07) is 13.2. The highest BCUT2D eigenvalue weighted by atomic mass is 35.5. The molecule has 112 valence electrons. The van der Waals surface area contributed by atoms with Crippen molar-refractivity contribution in [1.29, 1.82) is 0 Å². The van der Waals surface area contributed by atoms with Gasteiger partial charge in [0.2, 0.25) is 5.91 Å². The molecule has 0 radical (unpaired) electrons. The number of amides is 1. The van der Waals surface area contributed by atoms with Crippen LogP contribution in [-0.2, 0) is 11.2 Å². The minimum Gasteiger partial charge on any atom is -0.309 e. The molecule has 0 aliphatic heterocycles. The number of aromatic amines is 1. The Morgan fingerprint density at radius 1 is 1.32 bits per heavy atom. The average molecular weight is 332 g/mol. The second-order valence-electron chi connectivity index (χ2n) is 4.93. The first-order chi connectivity index (χ1) is 10.6. The normalized spacial score (nSPS) is 10.6. The number of nitrogens with zero attached hydrogens (tertiary/aromatic N) is 1. The highest BCUT2D eigenvalue weighted by Crippen LogP contribution is 2.27. The van der Waals surface area contributed by atoms with Crippen molar-refractivity contribution in [3.63, 3.8) is 0 Å². The van der Waals surface area contributed by atoms with Gasteiger partial charge < -0.3 is 5.32 Å². The lowest BCUT2D eigenvalue weighted by Gasteiger charge is -2.02. The van der Waals surface area contributed by atoms with Crippen LogP contribution in [0.15, 0.2) is 42.5 Å².